The number of nitrogens with one attached hydrogen (secondary N) is 2. The average Bonchev–Trinajstić information content (AvgIpc) is 2.79. The zero-order chi connectivity index (χ0) is 20.1. The smallest absolute Gasteiger partial charge is 0.265 e. The Kier molecular flexibility index (Phi) is 5.51. The van der Waals surface area contributed by atoms with Crippen LogP contribution in [0.25, 0.3) is 0 Å². The molecule has 0 radical (unpaired) electrons. The number of piperazine rings is 1. The monoisotopic (exact) mass is 390 g/mol. The fourth-order valence-electron chi connectivity index (χ4n) is 3.27. The minimum atomic E-state index is -0.437. The molecule has 0 spiro atoms. The van der Waals surface area contributed by atoms with Gasteiger partial charge in [0.2, 0.25) is 5.95 Å². The summed E-state index contributed by atoms with van der Waals surface area (Å²) in [6.07, 6.45) is 3.13. The molecule has 3 aromatic rings. The average molecular weight is 390 g/mol. The van der Waals surface area contributed by atoms with E-state index in [1.54, 1.807) is 6.20 Å². The van der Waals surface area contributed by atoms with Gasteiger partial charge in [0, 0.05) is 45.1 Å². The van der Waals surface area contributed by atoms with Crippen LogP contribution in [0.2, 0.25) is 0 Å². The highest BCUT2D eigenvalue weighted by Gasteiger charge is 2.20. The van der Waals surface area contributed by atoms with Gasteiger partial charge in [-0.1, -0.05) is 36.4 Å². The van der Waals surface area contributed by atoms with Gasteiger partial charge < -0.3 is 15.1 Å². The maximum atomic E-state index is 12.4. The Bertz CT molecular complexity index is 1010. The predicted octanol–water partition coefficient (Wildman–Crippen LogP) is 1.42. The molecule has 148 valence electrons. The van der Waals surface area contributed by atoms with Gasteiger partial charge in [-0.05, 0) is 17.7 Å². The number of aromatic amines is 1. The van der Waals surface area contributed by atoms with Crippen LogP contribution in [0.1, 0.15) is 15.9 Å². The molecule has 1 saturated heterocycles. The van der Waals surface area contributed by atoms with Crippen LogP contribution in [0.4, 0.5) is 11.8 Å². The summed E-state index contributed by atoms with van der Waals surface area (Å²) in [6, 6.07) is 15.4. The van der Waals surface area contributed by atoms with Crippen LogP contribution in [-0.2, 0) is 6.54 Å². The van der Waals surface area contributed by atoms with Gasteiger partial charge in [0.25, 0.3) is 11.5 Å². The van der Waals surface area contributed by atoms with E-state index in [2.05, 4.69) is 25.2 Å². The van der Waals surface area contributed by atoms with E-state index in [0.29, 0.717) is 25.6 Å². The van der Waals surface area contributed by atoms with Crippen molar-refractivity contribution in [3.8, 4) is 0 Å². The minimum Gasteiger partial charge on any atom is -0.353 e. The van der Waals surface area contributed by atoms with Crippen LogP contribution < -0.4 is 20.7 Å². The van der Waals surface area contributed by atoms with Crippen molar-refractivity contribution in [3.63, 3.8) is 0 Å². The summed E-state index contributed by atoms with van der Waals surface area (Å²) in [7, 11) is 0. The lowest BCUT2D eigenvalue weighted by Gasteiger charge is -2.35. The van der Waals surface area contributed by atoms with E-state index in [0.717, 1.165) is 24.5 Å². The normalized spacial score (nSPS) is 13.9. The lowest BCUT2D eigenvalue weighted by Crippen LogP contribution is -2.48. The first-order valence-electron chi connectivity index (χ1n) is 9.53. The summed E-state index contributed by atoms with van der Waals surface area (Å²) in [6.45, 7) is 3.33. The number of hydrogen-bond acceptors (Lipinski definition) is 6. The van der Waals surface area contributed by atoms with Crippen molar-refractivity contribution in [3.05, 3.63) is 82.4 Å². The second-order valence-electron chi connectivity index (χ2n) is 6.78. The number of benzene rings is 1. The van der Waals surface area contributed by atoms with Gasteiger partial charge in [-0.15, -0.1) is 0 Å². The van der Waals surface area contributed by atoms with E-state index < -0.39 is 11.5 Å². The molecule has 0 unspecified atom stereocenters. The molecule has 29 heavy (non-hydrogen) atoms. The van der Waals surface area contributed by atoms with Gasteiger partial charge in [0.1, 0.15) is 11.4 Å². The zero-order valence-corrected chi connectivity index (χ0v) is 15.9. The topological polar surface area (TPSA) is 94.2 Å². The number of nitrogens with zero attached hydrogens (tertiary/aromatic N) is 4. The Morgan fingerprint density at radius 2 is 1.69 bits per heavy atom. The van der Waals surface area contributed by atoms with Crippen LogP contribution in [0.3, 0.4) is 0 Å². The molecule has 4 rings (SSSR count). The van der Waals surface area contributed by atoms with Crippen LogP contribution >= 0.6 is 0 Å². The molecule has 1 fully saturated rings. The third-order valence-electron chi connectivity index (χ3n) is 4.88. The van der Waals surface area contributed by atoms with Gasteiger partial charge in [-0.2, -0.15) is 0 Å². The third kappa shape index (κ3) is 4.43. The van der Waals surface area contributed by atoms with Crippen molar-refractivity contribution in [2.24, 2.45) is 0 Å². The zero-order valence-electron chi connectivity index (χ0n) is 15.9. The molecule has 0 bridgehead atoms. The molecular formula is C21H22N6O2. The summed E-state index contributed by atoms with van der Waals surface area (Å²) < 4.78 is 0. The molecule has 1 aromatic carbocycles. The fourth-order valence-corrected chi connectivity index (χ4v) is 3.27. The summed E-state index contributed by atoms with van der Waals surface area (Å²) in [5.74, 6) is 0.989. The number of rotatable bonds is 5. The summed E-state index contributed by atoms with van der Waals surface area (Å²) in [5.41, 5.74) is 0.539. The van der Waals surface area contributed by atoms with Crippen molar-refractivity contribution < 1.29 is 4.79 Å². The molecule has 1 aliphatic rings. The van der Waals surface area contributed by atoms with Gasteiger partial charge in [-0.25, -0.2) is 9.97 Å². The first-order valence-corrected chi connectivity index (χ1v) is 9.53. The number of carbonyl (C=O) groups is 1. The number of carbonyl (C=O) groups excluding carboxylic acids is 1. The second kappa shape index (κ2) is 8.55. The number of aromatic nitrogens is 3. The van der Waals surface area contributed by atoms with Crippen molar-refractivity contribution in [1.82, 2.24) is 20.3 Å². The number of pyridine rings is 1. The van der Waals surface area contributed by atoms with Crippen molar-refractivity contribution in [2.45, 2.75) is 6.54 Å². The van der Waals surface area contributed by atoms with Gasteiger partial charge >= 0.3 is 0 Å². The maximum absolute atomic E-state index is 12.4. The highest BCUT2D eigenvalue weighted by atomic mass is 16.2. The van der Waals surface area contributed by atoms with Crippen LogP contribution in [-0.4, -0.2) is 47.0 Å². The number of anilines is 2. The van der Waals surface area contributed by atoms with E-state index >= 15 is 0 Å². The lowest BCUT2D eigenvalue weighted by atomic mass is 10.2. The maximum Gasteiger partial charge on any atom is 0.265 e. The Balaban J connectivity index is 1.37. The van der Waals surface area contributed by atoms with E-state index in [4.69, 9.17) is 0 Å². The molecule has 0 aliphatic carbocycles. The Morgan fingerprint density at radius 3 is 2.38 bits per heavy atom. The van der Waals surface area contributed by atoms with Crippen LogP contribution in [0.5, 0.6) is 0 Å². The number of amides is 1. The molecule has 0 saturated carbocycles. The molecular weight excluding hydrogens is 368 g/mol. The SMILES string of the molecule is O=C(NCc1ccccc1)c1cnc(N2CCN(c3ccccn3)CC2)[nH]c1=O. The standard InChI is InChI=1S/C21H22N6O2/c28-19(23-14-16-6-2-1-3-7-16)17-15-24-21(25-20(17)29)27-12-10-26(11-13-27)18-8-4-5-9-22-18/h1-9,15H,10-14H2,(H,23,28)(H,24,25,29). The second-order valence-corrected chi connectivity index (χ2v) is 6.78. The lowest BCUT2D eigenvalue weighted by molar-refractivity contribution is 0.0949. The molecule has 0 atom stereocenters. The molecule has 2 N–H and O–H groups in total. The van der Waals surface area contributed by atoms with E-state index in [-0.39, 0.29) is 5.56 Å². The van der Waals surface area contributed by atoms with Gasteiger partial charge in [0.15, 0.2) is 0 Å². The summed E-state index contributed by atoms with van der Waals surface area (Å²) >= 11 is 0. The molecule has 1 amide bonds. The Morgan fingerprint density at radius 1 is 0.966 bits per heavy atom. The molecule has 3 heterocycles. The molecule has 1 aliphatic heterocycles. The van der Waals surface area contributed by atoms with Crippen LogP contribution in [0, 0.1) is 0 Å². The largest absolute Gasteiger partial charge is 0.353 e. The Hall–Kier alpha value is -3.68. The minimum absolute atomic E-state index is 0.0109. The quantitative estimate of drug-likeness (QED) is 0.684. The highest BCUT2D eigenvalue weighted by molar-refractivity contribution is 5.93. The first-order chi connectivity index (χ1) is 14.2. The van der Waals surface area contributed by atoms with E-state index in [9.17, 15) is 9.59 Å². The van der Waals surface area contributed by atoms with E-state index in [1.165, 1.54) is 6.20 Å². The number of H-pyrrole nitrogens is 1. The van der Waals surface area contributed by atoms with Crippen molar-refractivity contribution in [2.75, 3.05) is 36.0 Å². The fraction of sp³-hybridized carbons (Fsp3) is 0.238. The van der Waals surface area contributed by atoms with Crippen molar-refractivity contribution >= 4 is 17.7 Å². The highest BCUT2D eigenvalue weighted by Crippen LogP contribution is 2.15. The predicted molar refractivity (Wildman–Crippen MR) is 111 cm³/mol. The first kappa shape index (κ1) is 18.7. The molecule has 8 nitrogen and oxygen atoms in total. The summed E-state index contributed by atoms with van der Waals surface area (Å²) in [4.78, 5) is 40.4. The molecule has 2 aromatic heterocycles. The van der Waals surface area contributed by atoms with E-state index in [1.807, 2.05) is 53.4 Å². The van der Waals surface area contributed by atoms with Crippen LogP contribution in [0.15, 0.2) is 65.7 Å². The van der Waals surface area contributed by atoms with Crippen molar-refractivity contribution in [1.29, 1.82) is 0 Å². The van der Waals surface area contributed by atoms with Gasteiger partial charge in [-0.3, -0.25) is 14.6 Å². The summed E-state index contributed by atoms with van der Waals surface area (Å²) in [5, 5.41) is 2.75. The Labute approximate surface area is 168 Å². The van der Waals surface area contributed by atoms with Gasteiger partial charge in [0.05, 0.1) is 0 Å². The third-order valence-corrected chi connectivity index (χ3v) is 4.88. The molecule has 8 heteroatoms. The number of hydrogen-bond donors (Lipinski definition) is 2.